The molecule has 0 spiro atoms. The fourth-order valence-electron chi connectivity index (χ4n) is 2.58. The van der Waals surface area contributed by atoms with Crippen molar-refractivity contribution in [2.24, 2.45) is 5.92 Å². The van der Waals surface area contributed by atoms with Gasteiger partial charge in [-0.2, -0.15) is 0 Å². The van der Waals surface area contributed by atoms with Gasteiger partial charge in [0.05, 0.1) is 24.3 Å². The zero-order valence-electron chi connectivity index (χ0n) is 15.7. The smallest absolute Gasteiger partial charge is 0.337 e. The molecule has 2 aromatic carbocycles. The van der Waals surface area contributed by atoms with Crippen LogP contribution in [0.15, 0.2) is 42.5 Å². The summed E-state index contributed by atoms with van der Waals surface area (Å²) in [6.45, 7) is 1.94. The molecule has 1 unspecified atom stereocenters. The third-order valence-corrected chi connectivity index (χ3v) is 4.74. The van der Waals surface area contributed by atoms with Crippen molar-refractivity contribution in [3.8, 4) is 11.8 Å². The summed E-state index contributed by atoms with van der Waals surface area (Å²) >= 11 is 2.01. The number of anilines is 1. The molecule has 0 aromatic heterocycles. The molecule has 0 bridgehead atoms. The Balaban J connectivity index is 2.16. The van der Waals surface area contributed by atoms with E-state index in [1.807, 2.05) is 29.5 Å². The molecule has 0 saturated heterocycles. The van der Waals surface area contributed by atoms with Gasteiger partial charge in [-0.25, -0.2) is 9.18 Å². The highest BCUT2D eigenvalue weighted by Crippen LogP contribution is 2.20. The van der Waals surface area contributed by atoms with Gasteiger partial charge in [-0.3, -0.25) is 4.79 Å². The molecular formula is C22H21FINO3. The molecule has 0 aliphatic carbocycles. The van der Waals surface area contributed by atoms with E-state index in [-0.39, 0.29) is 11.6 Å². The molecule has 0 radical (unpaired) electrons. The number of hydrogen-bond acceptors (Lipinski definition) is 3. The Morgan fingerprint density at radius 1 is 1.18 bits per heavy atom. The van der Waals surface area contributed by atoms with E-state index in [0.717, 1.165) is 9.13 Å². The van der Waals surface area contributed by atoms with Crippen LogP contribution < -0.4 is 5.32 Å². The second kappa shape index (κ2) is 10.8. The first-order valence-corrected chi connectivity index (χ1v) is 9.91. The lowest BCUT2D eigenvalue weighted by Gasteiger charge is -2.15. The quantitative estimate of drug-likeness (QED) is 0.357. The van der Waals surface area contributed by atoms with Crippen LogP contribution in [0.5, 0.6) is 0 Å². The summed E-state index contributed by atoms with van der Waals surface area (Å²) in [6, 6.07) is 11.5. The van der Waals surface area contributed by atoms with E-state index in [0.29, 0.717) is 24.8 Å². The highest BCUT2D eigenvalue weighted by atomic mass is 127. The fourth-order valence-corrected chi connectivity index (χ4v) is 3.04. The lowest BCUT2D eigenvalue weighted by Crippen LogP contribution is -2.25. The molecule has 1 N–H and O–H groups in total. The number of carbonyl (C=O) groups excluding carboxylic acids is 2. The van der Waals surface area contributed by atoms with Gasteiger partial charge in [-0.15, -0.1) is 11.8 Å². The highest BCUT2D eigenvalue weighted by Gasteiger charge is 2.20. The predicted molar refractivity (Wildman–Crippen MR) is 115 cm³/mol. The second-order valence-electron chi connectivity index (χ2n) is 6.11. The molecule has 1 atom stereocenters. The van der Waals surface area contributed by atoms with Crippen LogP contribution in [0, 0.1) is 27.1 Å². The first-order valence-electron chi connectivity index (χ1n) is 8.83. The van der Waals surface area contributed by atoms with Crippen molar-refractivity contribution in [3.05, 3.63) is 63.0 Å². The van der Waals surface area contributed by atoms with Gasteiger partial charge >= 0.3 is 5.97 Å². The summed E-state index contributed by atoms with van der Waals surface area (Å²) in [5, 5.41) is 2.66. The molecule has 6 heteroatoms. The van der Waals surface area contributed by atoms with Crippen molar-refractivity contribution in [1.82, 2.24) is 0 Å². The van der Waals surface area contributed by atoms with Gasteiger partial charge in [0.15, 0.2) is 0 Å². The molecule has 0 fully saturated rings. The van der Waals surface area contributed by atoms with Crippen LogP contribution in [-0.2, 0) is 16.0 Å². The largest absolute Gasteiger partial charge is 0.465 e. The first-order chi connectivity index (χ1) is 13.4. The number of amides is 1. The van der Waals surface area contributed by atoms with Gasteiger partial charge in [-0.05, 0) is 64.9 Å². The van der Waals surface area contributed by atoms with Crippen molar-refractivity contribution < 1.29 is 18.7 Å². The Morgan fingerprint density at radius 3 is 2.50 bits per heavy atom. The molecule has 0 aliphatic rings. The Kier molecular flexibility index (Phi) is 8.45. The topological polar surface area (TPSA) is 55.4 Å². The second-order valence-corrected chi connectivity index (χ2v) is 7.36. The van der Waals surface area contributed by atoms with Crippen LogP contribution in [0.25, 0.3) is 0 Å². The third kappa shape index (κ3) is 6.34. The summed E-state index contributed by atoms with van der Waals surface area (Å²) in [7, 11) is 1.33. The Hall–Kier alpha value is -2.40. The third-order valence-electron chi connectivity index (χ3n) is 4.07. The van der Waals surface area contributed by atoms with Gasteiger partial charge in [0.2, 0.25) is 5.91 Å². The Labute approximate surface area is 178 Å². The van der Waals surface area contributed by atoms with E-state index in [1.54, 1.807) is 36.4 Å². The van der Waals surface area contributed by atoms with Gasteiger partial charge in [0.1, 0.15) is 5.82 Å². The SMILES string of the molecule is CCC#CCC(Cc1ccc(C(=O)OC)cc1)C(=O)Nc1ccc(I)cc1F. The molecule has 28 heavy (non-hydrogen) atoms. The van der Waals surface area contributed by atoms with E-state index in [9.17, 15) is 14.0 Å². The van der Waals surface area contributed by atoms with Crippen molar-refractivity contribution in [1.29, 1.82) is 0 Å². The van der Waals surface area contributed by atoms with Crippen LogP contribution in [0.1, 0.15) is 35.7 Å². The van der Waals surface area contributed by atoms with Crippen molar-refractivity contribution in [2.45, 2.75) is 26.2 Å². The van der Waals surface area contributed by atoms with E-state index in [2.05, 4.69) is 21.9 Å². The van der Waals surface area contributed by atoms with E-state index < -0.39 is 17.7 Å². The maximum atomic E-state index is 14.1. The predicted octanol–water partition coefficient (Wildman–Crippen LogP) is 4.82. The number of rotatable bonds is 6. The van der Waals surface area contributed by atoms with Gasteiger partial charge in [-0.1, -0.05) is 19.1 Å². The van der Waals surface area contributed by atoms with Crippen LogP contribution in [0.4, 0.5) is 10.1 Å². The van der Waals surface area contributed by atoms with Crippen LogP contribution >= 0.6 is 22.6 Å². The number of ether oxygens (including phenoxy) is 1. The van der Waals surface area contributed by atoms with Crippen LogP contribution in [0.2, 0.25) is 0 Å². The Morgan fingerprint density at radius 2 is 1.89 bits per heavy atom. The number of methoxy groups -OCH3 is 1. The minimum atomic E-state index is -0.471. The zero-order chi connectivity index (χ0) is 20.5. The van der Waals surface area contributed by atoms with E-state index in [1.165, 1.54) is 13.2 Å². The summed E-state index contributed by atoms with van der Waals surface area (Å²) in [4.78, 5) is 24.3. The fraction of sp³-hybridized carbons (Fsp3) is 0.273. The summed E-state index contributed by atoms with van der Waals surface area (Å²) in [6.07, 6.45) is 1.50. The molecule has 0 heterocycles. The lowest BCUT2D eigenvalue weighted by atomic mass is 9.94. The average Bonchev–Trinajstić information content (AvgIpc) is 2.69. The van der Waals surface area contributed by atoms with Crippen molar-refractivity contribution >= 4 is 40.2 Å². The molecule has 0 aliphatic heterocycles. The molecule has 2 aromatic rings. The molecule has 146 valence electrons. The standard InChI is InChI=1S/C22H21FINO3/c1-3-4-5-6-17(13-15-7-9-16(10-8-15)22(27)28-2)21(26)25-20-12-11-18(24)14-19(20)23/h7-12,14,17H,3,6,13H2,1-2H3,(H,25,26). The van der Waals surface area contributed by atoms with E-state index in [4.69, 9.17) is 0 Å². The lowest BCUT2D eigenvalue weighted by molar-refractivity contribution is -0.119. The molecule has 4 nitrogen and oxygen atoms in total. The minimum Gasteiger partial charge on any atom is -0.465 e. The maximum Gasteiger partial charge on any atom is 0.337 e. The number of hydrogen-bond donors (Lipinski definition) is 1. The number of halogens is 2. The summed E-state index contributed by atoms with van der Waals surface area (Å²) in [5.41, 5.74) is 1.48. The minimum absolute atomic E-state index is 0.153. The average molecular weight is 493 g/mol. The number of carbonyl (C=O) groups is 2. The molecule has 2 rings (SSSR count). The van der Waals surface area contributed by atoms with Gasteiger partial charge in [0.25, 0.3) is 0 Å². The molecule has 0 saturated carbocycles. The summed E-state index contributed by atoms with van der Waals surface area (Å²) in [5.74, 6) is 4.36. The maximum absolute atomic E-state index is 14.1. The van der Waals surface area contributed by atoms with Crippen molar-refractivity contribution in [3.63, 3.8) is 0 Å². The van der Waals surface area contributed by atoms with Crippen LogP contribution in [0.3, 0.4) is 0 Å². The number of nitrogens with one attached hydrogen (secondary N) is 1. The molecule has 1 amide bonds. The zero-order valence-corrected chi connectivity index (χ0v) is 17.9. The summed E-state index contributed by atoms with van der Waals surface area (Å²) < 4.78 is 19.5. The highest BCUT2D eigenvalue weighted by molar-refractivity contribution is 14.1. The first kappa shape index (κ1) is 21.9. The number of esters is 1. The monoisotopic (exact) mass is 493 g/mol. The normalized spacial score (nSPS) is 11.1. The number of benzene rings is 2. The van der Waals surface area contributed by atoms with E-state index >= 15 is 0 Å². The van der Waals surface area contributed by atoms with Crippen molar-refractivity contribution in [2.75, 3.05) is 12.4 Å². The molecular weight excluding hydrogens is 472 g/mol. The Bertz CT molecular complexity index is 900. The van der Waals surface area contributed by atoms with Crippen LogP contribution in [-0.4, -0.2) is 19.0 Å². The van der Waals surface area contributed by atoms with Gasteiger partial charge in [0, 0.05) is 16.4 Å². The van der Waals surface area contributed by atoms with Gasteiger partial charge < -0.3 is 10.1 Å².